The van der Waals surface area contributed by atoms with E-state index in [9.17, 15) is 0 Å². The minimum absolute atomic E-state index is 0. The predicted molar refractivity (Wildman–Crippen MR) is 130 cm³/mol. The fourth-order valence-electron chi connectivity index (χ4n) is 3.34. The van der Waals surface area contributed by atoms with E-state index in [0.717, 1.165) is 69.4 Å². The Morgan fingerprint density at radius 2 is 1.79 bits per heavy atom. The maximum absolute atomic E-state index is 6.08. The number of likely N-dealkylation sites (tertiary alicyclic amines) is 1. The van der Waals surface area contributed by atoms with E-state index in [-0.39, 0.29) is 30.1 Å². The number of benzene rings is 1. The Morgan fingerprint density at radius 1 is 1.07 bits per heavy atom. The van der Waals surface area contributed by atoms with Crippen molar-refractivity contribution in [2.24, 2.45) is 4.99 Å². The molecule has 0 atom stereocenters. The lowest BCUT2D eigenvalue weighted by atomic mass is 10.1. The van der Waals surface area contributed by atoms with Crippen molar-refractivity contribution in [3.63, 3.8) is 0 Å². The van der Waals surface area contributed by atoms with Crippen molar-refractivity contribution in [3.05, 3.63) is 54.7 Å². The van der Waals surface area contributed by atoms with Crippen molar-refractivity contribution in [1.82, 2.24) is 15.2 Å². The van der Waals surface area contributed by atoms with E-state index in [0.29, 0.717) is 0 Å². The lowest BCUT2D eigenvalue weighted by Gasteiger charge is -2.34. The van der Waals surface area contributed by atoms with E-state index < -0.39 is 0 Å². The maximum Gasteiger partial charge on any atom is 0.193 e. The van der Waals surface area contributed by atoms with Crippen molar-refractivity contribution >= 4 is 35.8 Å². The molecule has 158 valence electrons. The number of anilines is 1. The Labute approximate surface area is 191 Å². The molecule has 0 unspecified atom stereocenters. The summed E-state index contributed by atoms with van der Waals surface area (Å²) in [5, 5.41) is 6.84. The standard InChI is InChI=1S/C22H31N5O.HI/c1-23-22(26-16-8-7-15-25-21-11-5-6-14-24-21)27-17-12-20(13-18-27)28-19-9-3-2-4-10-19;/h2-6,9-11,14,20H,7-8,12-13,15-18H2,1H3,(H,23,26)(H,24,25);1H. The smallest absolute Gasteiger partial charge is 0.193 e. The fourth-order valence-corrected chi connectivity index (χ4v) is 3.34. The third-order valence-electron chi connectivity index (χ3n) is 4.86. The van der Waals surface area contributed by atoms with Gasteiger partial charge in [-0.2, -0.15) is 0 Å². The van der Waals surface area contributed by atoms with Gasteiger partial charge in [-0.1, -0.05) is 24.3 Å². The van der Waals surface area contributed by atoms with Crippen LogP contribution in [-0.4, -0.2) is 55.2 Å². The molecule has 2 N–H and O–H groups in total. The van der Waals surface area contributed by atoms with E-state index in [1.54, 1.807) is 0 Å². The minimum Gasteiger partial charge on any atom is -0.490 e. The number of pyridine rings is 1. The number of aromatic nitrogens is 1. The van der Waals surface area contributed by atoms with Crippen LogP contribution in [0.1, 0.15) is 25.7 Å². The van der Waals surface area contributed by atoms with Gasteiger partial charge in [-0.3, -0.25) is 4.99 Å². The van der Waals surface area contributed by atoms with Crippen LogP contribution in [0.3, 0.4) is 0 Å². The summed E-state index contributed by atoms with van der Waals surface area (Å²) in [6.45, 7) is 3.80. The highest BCUT2D eigenvalue weighted by molar-refractivity contribution is 14.0. The fraction of sp³-hybridized carbons (Fsp3) is 0.455. The largest absolute Gasteiger partial charge is 0.490 e. The van der Waals surface area contributed by atoms with Crippen LogP contribution >= 0.6 is 24.0 Å². The molecule has 0 amide bonds. The Bertz CT molecular complexity index is 706. The van der Waals surface area contributed by atoms with Gasteiger partial charge in [0.1, 0.15) is 17.7 Å². The van der Waals surface area contributed by atoms with E-state index in [4.69, 9.17) is 4.74 Å². The molecular weight excluding hydrogens is 477 g/mol. The zero-order valence-electron chi connectivity index (χ0n) is 17.1. The molecule has 7 heteroatoms. The summed E-state index contributed by atoms with van der Waals surface area (Å²) >= 11 is 0. The van der Waals surface area contributed by atoms with Gasteiger partial charge < -0.3 is 20.3 Å². The summed E-state index contributed by atoms with van der Waals surface area (Å²) in [4.78, 5) is 11.1. The lowest BCUT2D eigenvalue weighted by molar-refractivity contribution is 0.129. The van der Waals surface area contributed by atoms with Crippen molar-refractivity contribution in [2.75, 3.05) is 38.5 Å². The molecule has 1 aliphatic rings. The topological polar surface area (TPSA) is 61.8 Å². The first kappa shape index (κ1) is 23.3. The van der Waals surface area contributed by atoms with Gasteiger partial charge in [-0.05, 0) is 37.1 Å². The van der Waals surface area contributed by atoms with Crippen molar-refractivity contribution in [2.45, 2.75) is 31.8 Å². The number of rotatable bonds is 8. The Hall–Kier alpha value is -2.03. The Balaban J connectivity index is 0.00000300. The molecule has 2 heterocycles. The van der Waals surface area contributed by atoms with Crippen LogP contribution in [0.15, 0.2) is 59.7 Å². The van der Waals surface area contributed by atoms with Crippen LogP contribution in [0.2, 0.25) is 0 Å². The van der Waals surface area contributed by atoms with Gasteiger partial charge in [0.25, 0.3) is 0 Å². The van der Waals surface area contributed by atoms with Crippen LogP contribution < -0.4 is 15.4 Å². The summed E-state index contributed by atoms with van der Waals surface area (Å²) < 4.78 is 6.08. The first-order valence-corrected chi connectivity index (χ1v) is 10.2. The average Bonchev–Trinajstić information content (AvgIpc) is 2.75. The average molecular weight is 509 g/mol. The first-order valence-electron chi connectivity index (χ1n) is 10.2. The molecular formula is C22H32IN5O. The molecule has 1 saturated heterocycles. The van der Waals surface area contributed by atoms with E-state index in [2.05, 4.69) is 25.5 Å². The minimum atomic E-state index is 0. The highest BCUT2D eigenvalue weighted by atomic mass is 127. The van der Waals surface area contributed by atoms with Crippen molar-refractivity contribution in [1.29, 1.82) is 0 Å². The van der Waals surface area contributed by atoms with Crippen LogP contribution in [0.25, 0.3) is 0 Å². The molecule has 1 fully saturated rings. The molecule has 6 nitrogen and oxygen atoms in total. The van der Waals surface area contributed by atoms with Crippen molar-refractivity contribution < 1.29 is 4.74 Å². The number of nitrogens with one attached hydrogen (secondary N) is 2. The molecule has 1 aromatic carbocycles. The Morgan fingerprint density at radius 3 is 2.48 bits per heavy atom. The molecule has 0 bridgehead atoms. The number of unbranched alkanes of at least 4 members (excludes halogenated alkanes) is 1. The Kier molecular flexibility index (Phi) is 10.6. The van der Waals surface area contributed by atoms with Gasteiger partial charge in [-0.25, -0.2) is 4.98 Å². The van der Waals surface area contributed by atoms with Crippen LogP contribution in [0.5, 0.6) is 5.75 Å². The molecule has 3 rings (SSSR count). The number of piperidine rings is 1. The van der Waals surface area contributed by atoms with Gasteiger partial charge in [0, 0.05) is 52.3 Å². The number of hydrogen-bond acceptors (Lipinski definition) is 4. The SMILES string of the molecule is CN=C(NCCCCNc1ccccn1)N1CCC(Oc2ccccc2)CC1.I. The number of ether oxygens (including phenoxy) is 1. The lowest BCUT2D eigenvalue weighted by Crippen LogP contribution is -2.47. The highest BCUT2D eigenvalue weighted by Crippen LogP contribution is 2.18. The molecule has 29 heavy (non-hydrogen) atoms. The summed E-state index contributed by atoms with van der Waals surface area (Å²) in [7, 11) is 1.86. The normalized spacial score (nSPS) is 14.8. The quantitative estimate of drug-likeness (QED) is 0.244. The number of nitrogens with zero attached hydrogens (tertiary/aromatic N) is 3. The van der Waals surface area contributed by atoms with Gasteiger partial charge in [0.2, 0.25) is 0 Å². The number of hydrogen-bond donors (Lipinski definition) is 2. The number of aliphatic imine (C=N–C) groups is 1. The second kappa shape index (κ2) is 13.2. The molecule has 1 aliphatic heterocycles. The van der Waals surface area contributed by atoms with Crippen LogP contribution in [-0.2, 0) is 0 Å². The second-order valence-electron chi connectivity index (χ2n) is 6.94. The zero-order valence-corrected chi connectivity index (χ0v) is 19.4. The predicted octanol–water partition coefficient (Wildman–Crippen LogP) is 4.01. The highest BCUT2D eigenvalue weighted by Gasteiger charge is 2.22. The molecule has 0 spiro atoms. The zero-order chi connectivity index (χ0) is 19.4. The van der Waals surface area contributed by atoms with E-state index in [1.807, 2.05) is 61.8 Å². The van der Waals surface area contributed by atoms with Crippen molar-refractivity contribution in [3.8, 4) is 5.75 Å². The van der Waals surface area contributed by atoms with Gasteiger partial charge in [0.05, 0.1) is 0 Å². The van der Waals surface area contributed by atoms with Gasteiger partial charge >= 0.3 is 0 Å². The second-order valence-corrected chi connectivity index (χ2v) is 6.94. The molecule has 1 aromatic heterocycles. The molecule has 0 radical (unpaired) electrons. The molecule has 2 aromatic rings. The van der Waals surface area contributed by atoms with E-state index in [1.165, 1.54) is 0 Å². The summed E-state index contributed by atoms with van der Waals surface area (Å²) in [5.41, 5.74) is 0. The summed E-state index contributed by atoms with van der Waals surface area (Å²) in [6, 6.07) is 16.0. The number of para-hydroxylation sites is 1. The third kappa shape index (κ3) is 8.08. The van der Waals surface area contributed by atoms with Gasteiger partial charge in [0.15, 0.2) is 5.96 Å². The first-order chi connectivity index (χ1) is 13.8. The van der Waals surface area contributed by atoms with E-state index >= 15 is 0 Å². The monoisotopic (exact) mass is 509 g/mol. The third-order valence-corrected chi connectivity index (χ3v) is 4.86. The van der Waals surface area contributed by atoms with Crippen LogP contribution in [0, 0.1) is 0 Å². The van der Waals surface area contributed by atoms with Crippen LogP contribution in [0.4, 0.5) is 5.82 Å². The number of halogens is 1. The van der Waals surface area contributed by atoms with Gasteiger partial charge in [-0.15, -0.1) is 24.0 Å². The molecule has 0 aliphatic carbocycles. The maximum atomic E-state index is 6.08. The summed E-state index contributed by atoms with van der Waals surface area (Å²) in [6.07, 6.45) is 6.31. The molecule has 0 saturated carbocycles. The summed E-state index contributed by atoms with van der Waals surface area (Å²) in [5.74, 6) is 2.89. The number of guanidine groups is 1.